The predicted molar refractivity (Wildman–Crippen MR) is 93.0 cm³/mol. The molecule has 1 unspecified atom stereocenters. The van der Waals surface area contributed by atoms with Gasteiger partial charge in [-0.15, -0.1) is 11.3 Å². The second-order valence-electron chi connectivity index (χ2n) is 4.46. The van der Waals surface area contributed by atoms with E-state index in [1.807, 2.05) is 35.7 Å². The molecule has 0 bridgehead atoms. The van der Waals surface area contributed by atoms with Crippen molar-refractivity contribution in [1.82, 2.24) is 5.32 Å². The van der Waals surface area contributed by atoms with Gasteiger partial charge in [-0.2, -0.15) is 0 Å². The van der Waals surface area contributed by atoms with E-state index in [-0.39, 0.29) is 18.3 Å². The van der Waals surface area contributed by atoms with Crippen LogP contribution in [0.3, 0.4) is 0 Å². The van der Waals surface area contributed by atoms with Crippen LogP contribution in [0.4, 0.5) is 0 Å². The maximum atomic E-state index is 12.4. The zero-order chi connectivity index (χ0) is 16.1. The fraction of sp³-hybridized carbons (Fsp3) is 0.200. The molecule has 2 rings (SSSR count). The first kappa shape index (κ1) is 17.2. The molecule has 4 nitrogen and oxygen atoms in total. The van der Waals surface area contributed by atoms with Gasteiger partial charge in [-0.05, 0) is 45.1 Å². The minimum atomic E-state index is -0.452. The predicted octanol–water partition coefficient (Wildman–Crippen LogP) is 4.31. The number of halogens is 2. The Morgan fingerprint density at radius 1 is 1.32 bits per heavy atom. The lowest BCUT2D eigenvalue weighted by Crippen LogP contribution is -2.30. The Labute approximate surface area is 149 Å². The van der Waals surface area contributed by atoms with Crippen LogP contribution in [-0.2, 0) is 9.53 Å². The van der Waals surface area contributed by atoms with Gasteiger partial charge in [-0.25, -0.2) is 0 Å². The molecule has 0 aliphatic rings. The van der Waals surface area contributed by atoms with Crippen LogP contribution in [0.25, 0.3) is 0 Å². The number of hydrogen-bond donors (Lipinski definition) is 1. The minimum absolute atomic E-state index is 0.0711. The topological polar surface area (TPSA) is 55.4 Å². The Morgan fingerprint density at radius 2 is 2.09 bits per heavy atom. The van der Waals surface area contributed by atoms with Gasteiger partial charge in [0.05, 0.1) is 19.6 Å². The standard InChI is InChI=1S/C15H13Br2NO3S/c1-21-13(19)8-12(9-3-2-4-10(16)7-9)18-15(20)14-11(17)5-6-22-14/h2-7,12H,8H2,1H3,(H,18,20). The fourth-order valence-corrected chi connectivity index (χ4v) is 3.78. The Balaban J connectivity index is 2.23. The molecule has 1 atom stereocenters. The lowest BCUT2D eigenvalue weighted by Gasteiger charge is -2.18. The molecule has 0 saturated heterocycles. The summed E-state index contributed by atoms with van der Waals surface area (Å²) in [5.41, 5.74) is 0.834. The average molecular weight is 447 g/mol. The molecule has 1 aromatic carbocycles. The van der Waals surface area contributed by atoms with Gasteiger partial charge in [0.2, 0.25) is 0 Å². The number of methoxy groups -OCH3 is 1. The highest BCUT2D eigenvalue weighted by Gasteiger charge is 2.21. The number of esters is 1. The third-order valence-electron chi connectivity index (χ3n) is 2.98. The fourth-order valence-electron chi connectivity index (χ4n) is 1.91. The molecule has 0 aliphatic heterocycles. The van der Waals surface area contributed by atoms with Crippen LogP contribution < -0.4 is 5.32 Å². The van der Waals surface area contributed by atoms with Gasteiger partial charge >= 0.3 is 5.97 Å². The number of rotatable bonds is 5. The van der Waals surface area contributed by atoms with Gasteiger partial charge in [0.1, 0.15) is 4.88 Å². The number of carbonyl (C=O) groups is 2. The molecule has 0 aliphatic carbocycles. The molecule has 0 radical (unpaired) electrons. The summed E-state index contributed by atoms with van der Waals surface area (Å²) < 4.78 is 6.34. The third kappa shape index (κ3) is 4.41. The third-order valence-corrected chi connectivity index (χ3v) is 5.31. The molecule has 1 aromatic heterocycles. The van der Waals surface area contributed by atoms with Crippen LogP contribution in [0.1, 0.15) is 27.7 Å². The lowest BCUT2D eigenvalue weighted by molar-refractivity contribution is -0.141. The SMILES string of the molecule is COC(=O)CC(NC(=O)c1sccc1Br)c1cccc(Br)c1. The number of benzene rings is 1. The summed E-state index contributed by atoms with van der Waals surface area (Å²) in [6.07, 6.45) is 0.0711. The second-order valence-corrected chi connectivity index (χ2v) is 7.15. The van der Waals surface area contributed by atoms with Crippen molar-refractivity contribution in [3.8, 4) is 0 Å². The maximum absolute atomic E-state index is 12.4. The number of thiophene rings is 1. The van der Waals surface area contributed by atoms with Crippen molar-refractivity contribution in [1.29, 1.82) is 0 Å². The molecular formula is C15H13Br2NO3S. The largest absolute Gasteiger partial charge is 0.469 e. The van der Waals surface area contributed by atoms with Crippen LogP contribution in [-0.4, -0.2) is 19.0 Å². The number of amides is 1. The van der Waals surface area contributed by atoms with Crippen molar-refractivity contribution < 1.29 is 14.3 Å². The summed E-state index contributed by atoms with van der Waals surface area (Å²) in [6, 6.07) is 8.84. The van der Waals surface area contributed by atoms with E-state index in [0.717, 1.165) is 14.5 Å². The highest BCUT2D eigenvalue weighted by molar-refractivity contribution is 9.10. The summed E-state index contributed by atoms with van der Waals surface area (Å²) in [5.74, 6) is -0.605. The first-order valence-corrected chi connectivity index (χ1v) is 8.84. The molecule has 0 saturated carbocycles. The van der Waals surface area contributed by atoms with E-state index in [9.17, 15) is 9.59 Å². The minimum Gasteiger partial charge on any atom is -0.469 e. The van der Waals surface area contributed by atoms with E-state index in [1.165, 1.54) is 18.4 Å². The van der Waals surface area contributed by atoms with Crippen LogP contribution in [0.5, 0.6) is 0 Å². The van der Waals surface area contributed by atoms with E-state index in [4.69, 9.17) is 4.74 Å². The normalized spacial score (nSPS) is 11.8. The van der Waals surface area contributed by atoms with Gasteiger partial charge < -0.3 is 10.1 Å². The van der Waals surface area contributed by atoms with E-state index in [1.54, 1.807) is 0 Å². The molecule has 0 fully saturated rings. The molecule has 2 aromatic rings. The van der Waals surface area contributed by atoms with Crippen molar-refractivity contribution in [3.05, 3.63) is 55.1 Å². The van der Waals surface area contributed by atoms with Crippen molar-refractivity contribution >= 4 is 55.1 Å². The highest BCUT2D eigenvalue weighted by Crippen LogP contribution is 2.25. The summed E-state index contributed by atoms with van der Waals surface area (Å²) in [7, 11) is 1.33. The molecular weight excluding hydrogens is 434 g/mol. The highest BCUT2D eigenvalue weighted by atomic mass is 79.9. The van der Waals surface area contributed by atoms with Crippen molar-refractivity contribution in [2.24, 2.45) is 0 Å². The van der Waals surface area contributed by atoms with Gasteiger partial charge in [-0.1, -0.05) is 28.1 Å². The second kappa shape index (κ2) is 7.89. The Bertz CT molecular complexity index is 687. The Kier molecular flexibility index (Phi) is 6.16. The monoisotopic (exact) mass is 445 g/mol. The van der Waals surface area contributed by atoms with E-state index in [0.29, 0.717) is 4.88 Å². The van der Waals surface area contributed by atoms with Crippen molar-refractivity contribution in [2.75, 3.05) is 7.11 Å². The number of hydrogen-bond acceptors (Lipinski definition) is 4. The van der Waals surface area contributed by atoms with Crippen LogP contribution >= 0.6 is 43.2 Å². The number of carbonyl (C=O) groups excluding carboxylic acids is 2. The molecule has 1 heterocycles. The molecule has 7 heteroatoms. The molecule has 1 N–H and O–H groups in total. The molecule has 116 valence electrons. The van der Waals surface area contributed by atoms with E-state index < -0.39 is 6.04 Å². The first-order valence-electron chi connectivity index (χ1n) is 6.37. The maximum Gasteiger partial charge on any atom is 0.307 e. The van der Waals surface area contributed by atoms with Gasteiger partial charge in [0.15, 0.2) is 0 Å². The quantitative estimate of drug-likeness (QED) is 0.696. The van der Waals surface area contributed by atoms with Gasteiger partial charge in [-0.3, -0.25) is 9.59 Å². The van der Waals surface area contributed by atoms with E-state index in [2.05, 4.69) is 37.2 Å². The lowest BCUT2D eigenvalue weighted by atomic mass is 10.0. The summed E-state index contributed by atoms with van der Waals surface area (Å²) >= 11 is 8.07. The van der Waals surface area contributed by atoms with Gasteiger partial charge in [0, 0.05) is 8.95 Å². The number of ether oxygens (including phenoxy) is 1. The molecule has 22 heavy (non-hydrogen) atoms. The van der Waals surface area contributed by atoms with Crippen LogP contribution in [0.2, 0.25) is 0 Å². The van der Waals surface area contributed by atoms with Gasteiger partial charge in [0.25, 0.3) is 5.91 Å². The Morgan fingerprint density at radius 3 is 2.68 bits per heavy atom. The molecule has 1 amide bonds. The zero-order valence-corrected chi connectivity index (χ0v) is 15.6. The van der Waals surface area contributed by atoms with Crippen molar-refractivity contribution in [2.45, 2.75) is 12.5 Å². The average Bonchev–Trinajstić information content (AvgIpc) is 2.92. The van der Waals surface area contributed by atoms with Crippen molar-refractivity contribution in [3.63, 3.8) is 0 Å². The first-order chi connectivity index (χ1) is 10.5. The van der Waals surface area contributed by atoms with Crippen LogP contribution in [0, 0.1) is 0 Å². The van der Waals surface area contributed by atoms with E-state index >= 15 is 0 Å². The zero-order valence-electron chi connectivity index (χ0n) is 11.6. The smallest absolute Gasteiger partial charge is 0.307 e. The Hall–Kier alpha value is -1.18. The summed E-state index contributed by atoms with van der Waals surface area (Å²) in [4.78, 5) is 24.6. The molecule has 0 spiro atoms. The summed E-state index contributed by atoms with van der Waals surface area (Å²) in [6.45, 7) is 0. The van der Waals surface area contributed by atoms with Crippen LogP contribution in [0.15, 0.2) is 44.7 Å². The summed E-state index contributed by atoms with van der Waals surface area (Å²) in [5, 5.41) is 4.72. The number of nitrogens with one attached hydrogen (secondary N) is 1.